The van der Waals surface area contributed by atoms with Crippen LogP contribution in [0.3, 0.4) is 0 Å². The molecule has 150 valence electrons. The van der Waals surface area contributed by atoms with Crippen molar-refractivity contribution >= 4 is 0 Å². The van der Waals surface area contributed by atoms with E-state index in [1.165, 1.54) is 33.5 Å². The third-order valence-electron chi connectivity index (χ3n) is 5.64. The first-order valence-electron chi connectivity index (χ1n) is 9.56. The fraction of sp³-hybridized carbons (Fsp3) is 0.333. The van der Waals surface area contributed by atoms with Crippen LogP contribution in [0.15, 0.2) is 47.3 Å². The Kier molecular flexibility index (Phi) is 4.22. The van der Waals surface area contributed by atoms with E-state index in [2.05, 4.69) is 5.10 Å². The second-order valence-electron chi connectivity index (χ2n) is 7.59. The number of aryl methyl sites for hydroxylation is 1. The first kappa shape index (κ1) is 18.0. The van der Waals surface area contributed by atoms with E-state index in [4.69, 9.17) is 4.74 Å². The van der Waals surface area contributed by atoms with Crippen molar-refractivity contribution in [1.29, 1.82) is 0 Å². The van der Waals surface area contributed by atoms with E-state index in [0.29, 0.717) is 42.8 Å². The zero-order valence-corrected chi connectivity index (χ0v) is 15.4. The minimum Gasteiger partial charge on any atom is -0.490 e. The number of hydrogen-bond donors (Lipinski definition) is 0. The van der Waals surface area contributed by atoms with Crippen molar-refractivity contribution in [2.45, 2.75) is 43.9 Å². The summed E-state index contributed by atoms with van der Waals surface area (Å²) < 4.78 is 49.2. The van der Waals surface area contributed by atoms with Crippen molar-refractivity contribution in [3.8, 4) is 5.75 Å². The Morgan fingerprint density at radius 3 is 2.48 bits per heavy atom. The molecule has 1 saturated carbocycles. The third-order valence-corrected chi connectivity index (χ3v) is 5.64. The second kappa shape index (κ2) is 6.79. The predicted molar refractivity (Wildman–Crippen MR) is 98.4 cm³/mol. The molecule has 8 heteroatoms. The Balaban J connectivity index is 1.34. The van der Waals surface area contributed by atoms with Crippen LogP contribution in [0, 0.1) is 17.5 Å². The smallest absolute Gasteiger partial charge is 0.346 e. The molecule has 1 aliphatic heterocycles. The first-order chi connectivity index (χ1) is 14.0. The lowest BCUT2D eigenvalue weighted by atomic mass is 9.89. The minimum atomic E-state index is -0.662. The van der Waals surface area contributed by atoms with Gasteiger partial charge in [0.25, 0.3) is 0 Å². The van der Waals surface area contributed by atoms with Crippen molar-refractivity contribution in [3.63, 3.8) is 0 Å². The van der Waals surface area contributed by atoms with Gasteiger partial charge < -0.3 is 4.74 Å². The summed E-state index contributed by atoms with van der Waals surface area (Å²) in [4.78, 5) is 12.9. The molecule has 2 aliphatic rings. The molecule has 2 heterocycles. The lowest BCUT2D eigenvalue weighted by molar-refractivity contribution is 0.0621. The molecule has 1 aromatic heterocycles. The van der Waals surface area contributed by atoms with Crippen LogP contribution in [0.25, 0.3) is 0 Å². The number of aromatic nitrogens is 3. The lowest BCUT2D eigenvalue weighted by Gasteiger charge is -2.34. The summed E-state index contributed by atoms with van der Waals surface area (Å²) in [6, 6.07) is 8.77. The Bertz CT molecular complexity index is 1110. The van der Waals surface area contributed by atoms with Crippen molar-refractivity contribution in [2.75, 3.05) is 0 Å². The van der Waals surface area contributed by atoms with Gasteiger partial charge in [-0.2, -0.15) is 5.10 Å². The Labute approximate surface area is 164 Å². The molecule has 0 saturated heterocycles. The van der Waals surface area contributed by atoms with Gasteiger partial charge in [-0.05, 0) is 36.2 Å². The molecule has 2 aromatic carbocycles. The van der Waals surface area contributed by atoms with Crippen molar-refractivity contribution in [1.82, 2.24) is 14.3 Å². The van der Waals surface area contributed by atoms with Gasteiger partial charge in [-0.25, -0.2) is 22.6 Å². The van der Waals surface area contributed by atoms with E-state index in [-0.39, 0.29) is 23.7 Å². The highest BCUT2D eigenvalue weighted by atomic mass is 19.1. The molecule has 0 unspecified atom stereocenters. The maximum absolute atomic E-state index is 13.6. The van der Waals surface area contributed by atoms with Crippen molar-refractivity contribution in [2.24, 2.45) is 0 Å². The molecule has 1 fully saturated rings. The van der Waals surface area contributed by atoms with Gasteiger partial charge in [0.15, 0.2) is 0 Å². The Morgan fingerprint density at radius 2 is 1.76 bits per heavy atom. The average molecular weight is 401 g/mol. The van der Waals surface area contributed by atoms with Crippen LogP contribution in [0.5, 0.6) is 5.75 Å². The zero-order chi connectivity index (χ0) is 20.1. The fourth-order valence-corrected chi connectivity index (χ4v) is 4.20. The number of benzene rings is 2. The number of fused-ring (bicyclic) bond motifs is 1. The standard InChI is InChI=1S/C21H18F3N3O2/c22-13-2-1-3-17(9-13)29-18-10-16(11-18)27-21(28)26-19(4-5-20(26)25-27)12-6-14(23)8-15(24)7-12/h1-3,6-9,16,18-19H,4-5,10-11H2/t16?,18?,19-/m0/s1. The van der Waals surface area contributed by atoms with E-state index in [1.807, 2.05) is 0 Å². The zero-order valence-electron chi connectivity index (χ0n) is 15.4. The molecule has 5 nitrogen and oxygen atoms in total. The summed E-state index contributed by atoms with van der Waals surface area (Å²) in [6.45, 7) is 0. The maximum atomic E-state index is 13.6. The van der Waals surface area contributed by atoms with E-state index >= 15 is 0 Å². The molecule has 1 aliphatic carbocycles. The third kappa shape index (κ3) is 3.22. The van der Waals surface area contributed by atoms with Gasteiger partial charge in [0.1, 0.15) is 35.1 Å². The van der Waals surface area contributed by atoms with Gasteiger partial charge in [-0.15, -0.1) is 0 Å². The van der Waals surface area contributed by atoms with Crippen LogP contribution in [-0.4, -0.2) is 20.5 Å². The monoisotopic (exact) mass is 401 g/mol. The van der Waals surface area contributed by atoms with Gasteiger partial charge in [-0.1, -0.05) is 6.07 Å². The molecule has 0 N–H and O–H groups in total. The summed E-state index contributed by atoms with van der Waals surface area (Å²) in [5, 5.41) is 4.45. The van der Waals surface area contributed by atoms with E-state index < -0.39 is 17.7 Å². The van der Waals surface area contributed by atoms with Crippen LogP contribution in [0.4, 0.5) is 13.2 Å². The molecule has 0 amide bonds. The summed E-state index contributed by atoms with van der Waals surface area (Å²) >= 11 is 0. The largest absolute Gasteiger partial charge is 0.490 e. The molecule has 3 aromatic rings. The first-order valence-corrected chi connectivity index (χ1v) is 9.56. The highest BCUT2D eigenvalue weighted by Crippen LogP contribution is 2.36. The molecule has 5 rings (SSSR count). The van der Waals surface area contributed by atoms with Gasteiger partial charge in [0.05, 0.1) is 12.1 Å². The van der Waals surface area contributed by atoms with E-state index in [1.54, 1.807) is 12.1 Å². The molecular weight excluding hydrogens is 383 g/mol. The highest BCUT2D eigenvalue weighted by Gasteiger charge is 2.37. The molecule has 0 bridgehead atoms. The average Bonchev–Trinajstić information content (AvgIpc) is 3.18. The quantitative estimate of drug-likeness (QED) is 0.669. The van der Waals surface area contributed by atoms with Gasteiger partial charge in [-0.3, -0.25) is 4.57 Å². The van der Waals surface area contributed by atoms with Crippen molar-refractivity contribution < 1.29 is 17.9 Å². The van der Waals surface area contributed by atoms with Crippen LogP contribution in [-0.2, 0) is 6.42 Å². The van der Waals surface area contributed by atoms with Crippen LogP contribution in [0.1, 0.15) is 42.7 Å². The summed E-state index contributed by atoms with van der Waals surface area (Å²) in [5.74, 6) is -0.601. The van der Waals surface area contributed by atoms with Crippen LogP contribution >= 0.6 is 0 Å². The molecule has 29 heavy (non-hydrogen) atoms. The fourth-order valence-electron chi connectivity index (χ4n) is 4.20. The number of halogens is 3. The SMILES string of the molecule is O=c1n(C2CC(Oc3cccc(F)c3)C2)nc2n1[C@H](c1cc(F)cc(F)c1)CC2. The summed E-state index contributed by atoms with van der Waals surface area (Å²) in [6.07, 6.45) is 2.22. The molecular formula is C21H18F3N3O2. The molecule has 0 spiro atoms. The maximum Gasteiger partial charge on any atom is 0.346 e. The number of nitrogens with zero attached hydrogens (tertiary/aromatic N) is 3. The van der Waals surface area contributed by atoms with Gasteiger partial charge in [0.2, 0.25) is 0 Å². The van der Waals surface area contributed by atoms with E-state index in [0.717, 1.165) is 6.07 Å². The van der Waals surface area contributed by atoms with Crippen LogP contribution < -0.4 is 10.4 Å². The summed E-state index contributed by atoms with van der Waals surface area (Å²) in [5.41, 5.74) is 0.158. The Morgan fingerprint density at radius 1 is 1.00 bits per heavy atom. The van der Waals surface area contributed by atoms with Gasteiger partial charge >= 0.3 is 5.69 Å². The van der Waals surface area contributed by atoms with Gasteiger partial charge in [0, 0.05) is 31.4 Å². The molecule has 1 atom stereocenters. The normalized spacial score (nSPS) is 22.9. The number of hydrogen-bond acceptors (Lipinski definition) is 3. The number of ether oxygens (including phenoxy) is 1. The minimum absolute atomic E-state index is 0.107. The summed E-state index contributed by atoms with van der Waals surface area (Å²) in [7, 11) is 0. The number of rotatable bonds is 4. The van der Waals surface area contributed by atoms with Crippen molar-refractivity contribution in [3.05, 3.63) is 81.8 Å². The topological polar surface area (TPSA) is 49.1 Å². The van der Waals surface area contributed by atoms with Crippen LogP contribution in [0.2, 0.25) is 0 Å². The lowest BCUT2D eigenvalue weighted by Crippen LogP contribution is -2.41. The molecule has 0 radical (unpaired) electrons. The van der Waals surface area contributed by atoms with E-state index in [9.17, 15) is 18.0 Å². The highest BCUT2D eigenvalue weighted by molar-refractivity contribution is 5.25. The second-order valence-corrected chi connectivity index (χ2v) is 7.59. The Hall–Kier alpha value is -3.03. The predicted octanol–water partition coefficient (Wildman–Crippen LogP) is 3.78.